The van der Waals surface area contributed by atoms with E-state index in [1.807, 2.05) is 48.7 Å². The molecule has 0 saturated carbocycles. The first-order valence-corrected chi connectivity index (χ1v) is 9.60. The molecule has 0 saturated heterocycles. The van der Waals surface area contributed by atoms with Crippen LogP contribution in [0.25, 0.3) is 22.2 Å². The van der Waals surface area contributed by atoms with Gasteiger partial charge in [0.05, 0.1) is 14.2 Å². The Kier molecular flexibility index (Phi) is 5.53. The van der Waals surface area contributed by atoms with Crippen LogP contribution in [0.1, 0.15) is 5.56 Å². The number of nitrogens with zero attached hydrogens (tertiary/aromatic N) is 2. The molecule has 0 fully saturated rings. The summed E-state index contributed by atoms with van der Waals surface area (Å²) in [6.07, 6.45) is 4.51. The smallest absolute Gasteiger partial charge is 0.160 e. The van der Waals surface area contributed by atoms with Gasteiger partial charge in [-0.05, 0) is 53.9 Å². The molecule has 3 heterocycles. The van der Waals surface area contributed by atoms with Gasteiger partial charge < -0.3 is 19.8 Å². The number of anilines is 1. The van der Waals surface area contributed by atoms with Crippen molar-refractivity contribution >= 4 is 28.5 Å². The Bertz CT molecular complexity index is 1140. The number of methoxy groups -OCH3 is 2. The predicted octanol–water partition coefficient (Wildman–Crippen LogP) is 4.95. The van der Waals surface area contributed by atoms with Gasteiger partial charge in [0.1, 0.15) is 16.6 Å². The molecule has 0 aliphatic heterocycles. The summed E-state index contributed by atoms with van der Waals surface area (Å²) in [4.78, 5) is 11.9. The van der Waals surface area contributed by atoms with Crippen molar-refractivity contribution in [2.24, 2.45) is 0 Å². The van der Waals surface area contributed by atoms with Crippen LogP contribution in [0.5, 0.6) is 11.5 Å². The molecule has 0 aliphatic carbocycles. The number of ether oxygens (including phenoxy) is 2. The normalized spacial score (nSPS) is 10.9. The zero-order chi connectivity index (χ0) is 20.2. The van der Waals surface area contributed by atoms with Crippen LogP contribution in [0.15, 0.2) is 54.9 Å². The maximum absolute atomic E-state index is 6.28. The van der Waals surface area contributed by atoms with Crippen LogP contribution in [0.3, 0.4) is 0 Å². The number of hydrogen-bond donors (Lipinski definition) is 2. The van der Waals surface area contributed by atoms with E-state index in [4.69, 9.17) is 21.1 Å². The van der Waals surface area contributed by atoms with Crippen LogP contribution < -0.4 is 14.8 Å². The molecule has 1 aromatic carbocycles. The first-order chi connectivity index (χ1) is 14.2. The van der Waals surface area contributed by atoms with E-state index in [2.05, 4.69) is 20.3 Å². The Morgan fingerprint density at radius 2 is 1.93 bits per heavy atom. The van der Waals surface area contributed by atoms with Crippen LogP contribution in [-0.4, -0.2) is 35.7 Å². The molecule has 2 N–H and O–H groups in total. The second-order valence-electron chi connectivity index (χ2n) is 6.53. The number of rotatable bonds is 7. The Labute approximate surface area is 173 Å². The molecule has 4 aromatic rings. The molecule has 3 aromatic heterocycles. The molecule has 0 amide bonds. The summed E-state index contributed by atoms with van der Waals surface area (Å²) in [6, 6.07) is 13.7. The molecule has 29 heavy (non-hydrogen) atoms. The summed E-state index contributed by atoms with van der Waals surface area (Å²) in [6.45, 7) is 0.706. The first-order valence-electron chi connectivity index (χ1n) is 9.23. The third-order valence-electron chi connectivity index (χ3n) is 4.72. The molecule has 0 radical (unpaired) electrons. The van der Waals surface area contributed by atoms with Gasteiger partial charge in [-0.25, -0.2) is 9.97 Å². The number of benzene rings is 1. The topological polar surface area (TPSA) is 72.1 Å². The van der Waals surface area contributed by atoms with Crippen LogP contribution >= 0.6 is 11.6 Å². The van der Waals surface area contributed by atoms with E-state index in [-0.39, 0.29) is 0 Å². The van der Waals surface area contributed by atoms with E-state index < -0.39 is 0 Å². The number of nitrogens with one attached hydrogen (secondary N) is 2. The molecule has 0 bridgehead atoms. The summed E-state index contributed by atoms with van der Waals surface area (Å²) in [5.74, 6) is 2.17. The summed E-state index contributed by atoms with van der Waals surface area (Å²) >= 11 is 6.28. The third-order valence-corrected chi connectivity index (χ3v) is 4.92. The number of aromatic amines is 1. The number of halogens is 1. The molecular weight excluding hydrogens is 388 g/mol. The highest BCUT2D eigenvalue weighted by atomic mass is 35.5. The lowest BCUT2D eigenvalue weighted by molar-refractivity contribution is 0.354. The standard InChI is InChI=1S/C22H21ClN4O2/c1-28-18-6-5-14(10-19(18)29-2)7-9-24-21-12-15(11-20(23)27-21)17-13-26-22-16(17)4-3-8-25-22/h3-6,8,10-13H,7,9H2,1-2H3,(H,24,27)(H,25,26). The van der Waals surface area contributed by atoms with Crippen molar-refractivity contribution in [2.45, 2.75) is 6.42 Å². The second-order valence-corrected chi connectivity index (χ2v) is 6.92. The van der Waals surface area contributed by atoms with Gasteiger partial charge in [-0.1, -0.05) is 17.7 Å². The van der Waals surface area contributed by atoms with Crippen LogP contribution in [-0.2, 0) is 6.42 Å². The Morgan fingerprint density at radius 3 is 2.76 bits per heavy atom. The van der Waals surface area contributed by atoms with Crippen molar-refractivity contribution < 1.29 is 9.47 Å². The number of H-pyrrole nitrogens is 1. The van der Waals surface area contributed by atoms with Crippen molar-refractivity contribution in [1.29, 1.82) is 0 Å². The Hall–Kier alpha value is -3.25. The second kappa shape index (κ2) is 8.41. The fourth-order valence-corrected chi connectivity index (χ4v) is 3.52. The molecule has 148 valence electrons. The number of pyridine rings is 2. The van der Waals surface area contributed by atoms with Gasteiger partial charge in [-0.3, -0.25) is 0 Å². The van der Waals surface area contributed by atoms with Crippen molar-refractivity contribution in [2.75, 3.05) is 26.1 Å². The fraction of sp³-hybridized carbons (Fsp3) is 0.182. The minimum atomic E-state index is 0.439. The highest BCUT2D eigenvalue weighted by Gasteiger charge is 2.10. The number of fused-ring (bicyclic) bond motifs is 1. The summed E-state index contributed by atoms with van der Waals surface area (Å²) < 4.78 is 10.7. The van der Waals surface area contributed by atoms with Crippen molar-refractivity contribution in [1.82, 2.24) is 15.0 Å². The van der Waals surface area contributed by atoms with E-state index in [0.717, 1.165) is 51.5 Å². The lowest BCUT2D eigenvalue weighted by Crippen LogP contribution is -2.07. The molecule has 6 nitrogen and oxygen atoms in total. The lowest BCUT2D eigenvalue weighted by atomic mass is 10.1. The minimum Gasteiger partial charge on any atom is -0.493 e. The van der Waals surface area contributed by atoms with E-state index in [1.165, 1.54) is 0 Å². The molecule has 0 atom stereocenters. The third kappa shape index (κ3) is 4.12. The molecule has 4 rings (SSSR count). The molecule has 0 spiro atoms. The largest absolute Gasteiger partial charge is 0.493 e. The van der Waals surface area contributed by atoms with Crippen LogP contribution in [0.4, 0.5) is 5.82 Å². The van der Waals surface area contributed by atoms with Gasteiger partial charge in [0, 0.05) is 29.9 Å². The number of aromatic nitrogens is 3. The van der Waals surface area contributed by atoms with E-state index in [9.17, 15) is 0 Å². The van der Waals surface area contributed by atoms with E-state index in [0.29, 0.717) is 11.7 Å². The Balaban J connectivity index is 1.50. The molecule has 7 heteroatoms. The summed E-state index contributed by atoms with van der Waals surface area (Å²) in [7, 11) is 3.27. The van der Waals surface area contributed by atoms with E-state index >= 15 is 0 Å². The monoisotopic (exact) mass is 408 g/mol. The van der Waals surface area contributed by atoms with Crippen LogP contribution in [0, 0.1) is 0 Å². The van der Waals surface area contributed by atoms with Gasteiger partial charge in [0.15, 0.2) is 11.5 Å². The molecule has 0 unspecified atom stereocenters. The quantitative estimate of drug-likeness (QED) is 0.423. The summed E-state index contributed by atoms with van der Waals surface area (Å²) in [5, 5.41) is 4.84. The maximum atomic E-state index is 6.28. The van der Waals surface area contributed by atoms with Gasteiger partial charge >= 0.3 is 0 Å². The molecule has 0 aliphatic rings. The maximum Gasteiger partial charge on any atom is 0.160 e. The van der Waals surface area contributed by atoms with Crippen LogP contribution in [0.2, 0.25) is 5.15 Å². The van der Waals surface area contributed by atoms with Crippen molar-refractivity contribution in [3.05, 3.63) is 65.6 Å². The minimum absolute atomic E-state index is 0.439. The zero-order valence-corrected chi connectivity index (χ0v) is 17.0. The van der Waals surface area contributed by atoms with Crippen molar-refractivity contribution in [3.8, 4) is 22.6 Å². The Morgan fingerprint density at radius 1 is 1.07 bits per heavy atom. The highest BCUT2D eigenvalue weighted by Crippen LogP contribution is 2.31. The SMILES string of the molecule is COc1ccc(CCNc2cc(-c3c[nH]c4ncccc34)cc(Cl)n2)cc1OC. The van der Waals surface area contributed by atoms with Gasteiger partial charge in [-0.2, -0.15) is 0 Å². The molecular formula is C22H21ClN4O2. The van der Waals surface area contributed by atoms with E-state index in [1.54, 1.807) is 20.4 Å². The lowest BCUT2D eigenvalue weighted by Gasteiger charge is -2.11. The number of hydrogen-bond acceptors (Lipinski definition) is 5. The summed E-state index contributed by atoms with van der Waals surface area (Å²) in [5.41, 5.74) is 4.01. The average molecular weight is 409 g/mol. The zero-order valence-electron chi connectivity index (χ0n) is 16.2. The van der Waals surface area contributed by atoms with Gasteiger partial charge in [0.25, 0.3) is 0 Å². The average Bonchev–Trinajstić information content (AvgIpc) is 3.17. The fourth-order valence-electron chi connectivity index (χ4n) is 3.31. The predicted molar refractivity (Wildman–Crippen MR) is 116 cm³/mol. The van der Waals surface area contributed by atoms with Gasteiger partial charge in [-0.15, -0.1) is 0 Å². The van der Waals surface area contributed by atoms with Gasteiger partial charge in [0.2, 0.25) is 0 Å². The first kappa shape index (κ1) is 19.1. The highest BCUT2D eigenvalue weighted by molar-refractivity contribution is 6.29. The van der Waals surface area contributed by atoms with Crippen molar-refractivity contribution in [3.63, 3.8) is 0 Å².